The number of ether oxygens (including phenoxy) is 4. The highest BCUT2D eigenvalue weighted by atomic mass is 32.2. The molecule has 0 radical (unpaired) electrons. The summed E-state index contributed by atoms with van der Waals surface area (Å²) in [5.41, 5.74) is 0. The van der Waals surface area contributed by atoms with Crippen molar-refractivity contribution in [1.82, 2.24) is 0 Å². The van der Waals surface area contributed by atoms with Crippen molar-refractivity contribution in [3.8, 4) is 28.7 Å². The van der Waals surface area contributed by atoms with Gasteiger partial charge in [0.15, 0.2) is 11.5 Å². The minimum absolute atomic E-state index is 0.118. The van der Waals surface area contributed by atoms with Crippen LogP contribution < -0.4 is 23.1 Å². The molecule has 2 aromatic rings. The lowest BCUT2D eigenvalue weighted by molar-refractivity contribution is 0.322. The molecule has 0 bridgehead atoms. The summed E-state index contributed by atoms with van der Waals surface area (Å²) in [6, 6.07) is 8.79. The van der Waals surface area contributed by atoms with Gasteiger partial charge in [0.25, 0.3) is 0 Å². The van der Waals surface area contributed by atoms with Crippen LogP contribution in [-0.2, 0) is 10.1 Å². The average molecular weight is 354 g/mol. The Morgan fingerprint density at radius 1 is 0.708 bits per heavy atom. The Kier molecular flexibility index (Phi) is 5.40. The molecule has 0 aliphatic heterocycles. The van der Waals surface area contributed by atoms with Gasteiger partial charge in [-0.1, -0.05) is 0 Å². The molecule has 0 saturated heterocycles. The van der Waals surface area contributed by atoms with E-state index in [1.165, 1.54) is 52.7 Å². The van der Waals surface area contributed by atoms with Crippen molar-refractivity contribution in [1.29, 1.82) is 0 Å². The van der Waals surface area contributed by atoms with E-state index in [1.54, 1.807) is 12.1 Å². The fourth-order valence-corrected chi connectivity index (χ4v) is 2.97. The first kappa shape index (κ1) is 17.7. The van der Waals surface area contributed by atoms with Gasteiger partial charge in [0.2, 0.25) is 5.75 Å². The second kappa shape index (κ2) is 7.31. The maximum absolute atomic E-state index is 12.5. The highest BCUT2D eigenvalue weighted by Gasteiger charge is 2.23. The van der Waals surface area contributed by atoms with Crippen molar-refractivity contribution in [2.45, 2.75) is 4.90 Å². The van der Waals surface area contributed by atoms with Gasteiger partial charge < -0.3 is 23.1 Å². The SMILES string of the molecule is COc1ccc(OS(=O)(=O)c2cc(OC)c(OC)c(OC)c2)cc1. The Hall–Kier alpha value is -2.61. The summed E-state index contributed by atoms with van der Waals surface area (Å²) in [6.07, 6.45) is 0. The van der Waals surface area contributed by atoms with Crippen LogP contribution in [0.25, 0.3) is 0 Å². The maximum atomic E-state index is 12.5. The molecule has 0 aliphatic carbocycles. The molecule has 0 saturated carbocycles. The first-order valence-corrected chi connectivity index (χ1v) is 8.24. The van der Waals surface area contributed by atoms with Crippen LogP contribution in [0.2, 0.25) is 0 Å². The molecule has 0 spiro atoms. The summed E-state index contributed by atoms with van der Waals surface area (Å²) >= 11 is 0. The second-order valence-electron chi connectivity index (χ2n) is 4.57. The van der Waals surface area contributed by atoms with E-state index in [2.05, 4.69) is 0 Å². The Balaban J connectivity index is 2.40. The molecule has 0 fully saturated rings. The first-order valence-electron chi connectivity index (χ1n) is 6.83. The van der Waals surface area contributed by atoms with Crippen LogP contribution in [-0.4, -0.2) is 36.9 Å². The molecule has 130 valence electrons. The number of rotatable bonds is 7. The van der Waals surface area contributed by atoms with E-state index in [0.29, 0.717) is 11.5 Å². The molecule has 2 rings (SSSR count). The zero-order valence-electron chi connectivity index (χ0n) is 13.7. The highest BCUT2D eigenvalue weighted by Crippen LogP contribution is 2.39. The largest absolute Gasteiger partial charge is 0.497 e. The fourth-order valence-electron chi connectivity index (χ4n) is 2.01. The van der Waals surface area contributed by atoms with Crippen LogP contribution in [0.15, 0.2) is 41.3 Å². The van der Waals surface area contributed by atoms with Crippen LogP contribution in [0.4, 0.5) is 0 Å². The molecule has 24 heavy (non-hydrogen) atoms. The first-order chi connectivity index (χ1) is 11.4. The molecule has 7 nitrogen and oxygen atoms in total. The maximum Gasteiger partial charge on any atom is 0.339 e. The van der Waals surface area contributed by atoms with Crippen LogP contribution in [0.5, 0.6) is 28.7 Å². The summed E-state index contributed by atoms with van der Waals surface area (Å²) in [5, 5.41) is 0. The average Bonchev–Trinajstić information content (AvgIpc) is 2.60. The summed E-state index contributed by atoms with van der Waals surface area (Å²) in [6.45, 7) is 0. The van der Waals surface area contributed by atoms with E-state index in [0.717, 1.165) is 0 Å². The molecule has 2 aromatic carbocycles. The van der Waals surface area contributed by atoms with E-state index in [-0.39, 0.29) is 22.1 Å². The summed E-state index contributed by atoms with van der Waals surface area (Å²) < 4.78 is 50.6. The molecule has 0 heterocycles. The Morgan fingerprint density at radius 3 is 1.62 bits per heavy atom. The van der Waals surface area contributed by atoms with E-state index in [9.17, 15) is 8.42 Å². The van der Waals surface area contributed by atoms with E-state index >= 15 is 0 Å². The third-order valence-electron chi connectivity index (χ3n) is 3.19. The predicted octanol–water partition coefficient (Wildman–Crippen LogP) is 2.49. The van der Waals surface area contributed by atoms with Gasteiger partial charge >= 0.3 is 10.1 Å². The molecule has 0 aromatic heterocycles. The molecule has 8 heteroatoms. The summed E-state index contributed by atoms with van der Waals surface area (Å²) in [5.74, 6) is 1.47. The number of hydrogen-bond acceptors (Lipinski definition) is 7. The third kappa shape index (κ3) is 3.65. The lowest BCUT2D eigenvalue weighted by Crippen LogP contribution is -2.10. The van der Waals surface area contributed by atoms with Gasteiger partial charge in [-0.05, 0) is 24.3 Å². The summed E-state index contributed by atoms with van der Waals surface area (Å²) in [7, 11) is 1.67. The van der Waals surface area contributed by atoms with Crippen LogP contribution in [0, 0.1) is 0 Å². The zero-order chi connectivity index (χ0) is 17.7. The zero-order valence-corrected chi connectivity index (χ0v) is 14.5. The predicted molar refractivity (Wildman–Crippen MR) is 86.9 cm³/mol. The van der Waals surface area contributed by atoms with Crippen LogP contribution >= 0.6 is 0 Å². The normalized spacial score (nSPS) is 10.8. The topological polar surface area (TPSA) is 80.3 Å². The minimum atomic E-state index is -4.08. The Bertz CT molecular complexity index is 773. The molecule has 0 unspecified atom stereocenters. The quantitative estimate of drug-likeness (QED) is 0.707. The van der Waals surface area contributed by atoms with Crippen molar-refractivity contribution < 1.29 is 31.5 Å². The Morgan fingerprint density at radius 2 is 1.21 bits per heavy atom. The third-order valence-corrected chi connectivity index (χ3v) is 4.42. The Labute approximate surface area is 140 Å². The van der Waals surface area contributed by atoms with Crippen molar-refractivity contribution in [3.05, 3.63) is 36.4 Å². The monoisotopic (exact) mass is 354 g/mol. The molecular formula is C16H18O7S. The summed E-state index contributed by atoms with van der Waals surface area (Å²) in [4.78, 5) is -0.118. The van der Waals surface area contributed by atoms with E-state index < -0.39 is 10.1 Å². The van der Waals surface area contributed by atoms with Crippen molar-refractivity contribution in [2.75, 3.05) is 28.4 Å². The molecule has 0 atom stereocenters. The molecular weight excluding hydrogens is 336 g/mol. The molecule has 0 amide bonds. The highest BCUT2D eigenvalue weighted by molar-refractivity contribution is 7.87. The number of methoxy groups -OCH3 is 4. The standard InChI is InChI=1S/C16H18O7S/c1-19-11-5-7-12(8-6-11)23-24(17,18)13-9-14(20-2)16(22-4)15(10-13)21-3/h5-10H,1-4H3. The number of benzene rings is 2. The van der Waals surface area contributed by atoms with Gasteiger partial charge in [-0.15, -0.1) is 0 Å². The lowest BCUT2D eigenvalue weighted by Gasteiger charge is -2.14. The fraction of sp³-hybridized carbons (Fsp3) is 0.250. The molecule has 0 N–H and O–H groups in total. The van der Waals surface area contributed by atoms with Crippen molar-refractivity contribution >= 4 is 10.1 Å². The van der Waals surface area contributed by atoms with Crippen LogP contribution in [0.3, 0.4) is 0 Å². The molecule has 0 aliphatic rings. The van der Waals surface area contributed by atoms with Gasteiger partial charge in [-0.25, -0.2) is 0 Å². The van der Waals surface area contributed by atoms with Crippen molar-refractivity contribution in [2.24, 2.45) is 0 Å². The number of hydrogen-bond donors (Lipinski definition) is 0. The van der Waals surface area contributed by atoms with Gasteiger partial charge in [-0.2, -0.15) is 8.42 Å². The van der Waals surface area contributed by atoms with Crippen LogP contribution in [0.1, 0.15) is 0 Å². The van der Waals surface area contributed by atoms with Crippen molar-refractivity contribution in [3.63, 3.8) is 0 Å². The smallest absolute Gasteiger partial charge is 0.339 e. The van der Waals surface area contributed by atoms with Gasteiger partial charge in [0, 0.05) is 12.1 Å². The van der Waals surface area contributed by atoms with Gasteiger partial charge in [0.1, 0.15) is 16.4 Å². The van der Waals surface area contributed by atoms with E-state index in [1.807, 2.05) is 0 Å². The van der Waals surface area contributed by atoms with Gasteiger partial charge in [-0.3, -0.25) is 0 Å². The second-order valence-corrected chi connectivity index (χ2v) is 6.12. The van der Waals surface area contributed by atoms with Gasteiger partial charge in [0.05, 0.1) is 28.4 Å². The van der Waals surface area contributed by atoms with E-state index in [4.69, 9.17) is 23.1 Å². The lowest BCUT2D eigenvalue weighted by atomic mass is 10.3. The minimum Gasteiger partial charge on any atom is -0.497 e.